The standard InChI is InChI=1S/C19H23NO4/c1-4-11-23-16-8-6-15(7-9-16)20-19(21)13-24-17-10-5-14(2)12-18(17)22-3/h5-10,12H,4,11,13H2,1-3H3,(H,20,21). The zero-order valence-electron chi connectivity index (χ0n) is 14.3. The number of hydrogen-bond acceptors (Lipinski definition) is 4. The number of aryl methyl sites for hydroxylation is 1. The highest BCUT2D eigenvalue weighted by Gasteiger charge is 2.08. The van der Waals surface area contributed by atoms with Gasteiger partial charge in [0, 0.05) is 5.69 Å². The molecule has 2 aromatic rings. The van der Waals surface area contributed by atoms with Crippen LogP contribution in [-0.2, 0) is 4.79 Å². The van der Waals surface area contributed by atoms with Crippen molar-refractivity contribution < 1.29 is 19.0 Å². The van der Waals surface area contributed by atoms with Gasteiger partial charge in [0.05, 0.1) is 13.7 Å². The second-order valence-electron chi connectivity index (χ2n) is 5.36. The van der Waals surface area contributed by atoms with E-state index >= 15 is 0 Å². The van der Waals surface area contributed by atoms with Crippen LogP contribution in [0.3, 0.4) is 0 Å². The van der Waals surface area contributed by atoms with Gasteiger partial charge >= 0.3 is 0 Å². The molecule has 0 unspecified atom stereocenters. The van der Waals surface area contributed by atoms with Gasteiger partial charge in [-0.2, -0.15) is 0 Å². The lowest BCUT2D eigenvalue weighted by atomic mass is 10.2. The van der Waals surface area contributed by atoms with Crippen molar-refractivity contribution in [1.29, 1.82) is 0 Å². The molecule has 0 heterocycles. The van der Waals surface area contributed by atoms with Crippen molar-refractivity contribution in [2.45, 2.75) is 20.3 Å². The molecule has 0 saturated carbocycles. The van der Waals surface area contributed by atoms with E-state index in [9.17, 15) is 4.79 Å². The lowest BCUT2D eigenvalue weighted by molar-refractivity contribution is -0.118. The molecule has 1 amide bonds. The van der Waals surface area contributed by atoms with Crippen LogP contribution in [0, 0.1) is 6.92 Å². The third-order valence-corrected chi connectivity index (χ3v) is 3.29. The number of methoxy groups -OCH3 is 1. The van der Waals surface area contributed by atoms with Gasteiger partial charge in [0.1, 0.15) is 5.75 Å². The number of hydrogen-bond donors (Lipinski definition) is 1. The van der Waals surface area contributed by atoms with Gasteiger partial charge in [-0.1, -0.05) is 13.0 Å². The molecule has 5 heteroatoms. The highest BCUT2D eigenvalue weighted by molar-refractivity contribution is 5.91. The van der Waals surface area contributed by atoms with Crippen molar-refractivity contribution in [3.05, 3.63) is 48.0 Å². The average Bonchev–Trinajstić information content (AvgIpc) is 2.60. The van der Waals surface area contributed by atoms with Crippen LogP contribution in [0.2, 0.25) is 0 Å². The van der Waals surface area contributed by atoms with Gasteiger partial charge in [-0.05, 0) is 55.3 Å². The highest BCUT2D eigenvalue weighted by atomic mass is 16.5. The third kappa shape index (κ3) is 5.19. The summed E-state index contributed by atoms with van der Waals surface area (Å²) in [5, 5.41) is 2.78. The number of benzene rings is 2. The maximum Gasteiger partial charge on any atom is 0.262 e. The molecule has 1 N–H and O–H groups in total. The van der Waals surface area contributed by atoms with Crippen molar-refractivity contribution >= 4 is 11.6 Å². The number of nitrogens with one attached hydrogen (secondary N) is 1. The summed E-state index contributed by atoms with van der Waals surface area (Å²) in [6.45, 7) is 4.61. The van der Waals surface area contributed by atoms with Crippen LogP contribution in [0.5, 0.6) is 17.2 Å². The molecular weight excluding hydrogens is 306 g/mol. The lowest BCUT2D eigenvalue weighted by Crippen LogP contribution is -2.20. The predicted molar refractivity (Wildman–Crippen MR) is 94.1 cm³/mol. The lowest BCUT2D eigenvalue weighted by Gasteiger charge is -2.11. The largest absolute Gasteiger partial charge is 0.494 e. The Morgan fingerprint density at radius 3 is 2.46 bits per heavy atom. The summed E-state index contributed by atoms with van der Waals surface area (Å²) < 4.78 is 16.3. The van der Waals surface area contributed by atoms with Crippen molar-refractivity contribution in [2.75, 3.05) is 25.6 Å². The van der Waals surface area contributed by atoms with Gasteiger partial charge in [0.15, 0.2) is 18.1 Å². The first-order chi connectivity index (χ1) is 11.6. The van der Waals surface area contributed by atoms with Crippen LogP contribution in [-0.4, -0.2) is 26.2 Å². The predicted octanol–water partition coefficient (Wildman–Crippen LogP) is 3.81. The minimum absolute atomic E-state index is 0.0898. The Morgan fingerprint density at radius 2 is 1.79 bits per heavy atom. The molecule has 0 aromatic heterocycles. The number of carbonyl (C=O) groups excluding carboxylic acids is 1. The molecular formula is C19H23NO4. The minimum atomic E-state index is -0.236. The summed E-state index contributed by atoms with van der Waals surface area (Å²) in [7, 11) is 1.57. The topological polar surface area (TPSA) is 56.8 Å². The summed E-state index contributed by atoms with van der Waals surface area (Å²) in [5.74, 6) is 1.71. The van der Waals surface area contributed by atoms with Gasteiger partial charge in [-0.15, -0.1) is 0 Å². The van der Waals surface area contributed by atoms with Gasteiger partial charge in [0.2, 0.25) is 0 Å². The number of rotatable bonds is 8. The monoisotopic (exact) mass is 329 g/mol. The second kappa shape index (κ2) is 8.82. The van der Waals surface area contributed by atoms with E-state index in [0.29, 0.717) is 23.8 Å². The normalized spacial score (nSPS) is 10.1. The highest BCUT2D eigenvalue weighted by Crippen LogP contribution is 2.27. The molecule has 0 spiro atoms. The van der Waals surface area contributed by atoms with Crippen LogP contribution in [0.4, 0.5) is 5.69 Å². The van der Waals surface area contributed by atoms with Crippen LogP contribution >= 0.6 is 0 Å². The minimum Gasteiger partial charge on any atom is -0.494 e. The van der Waals surface area contributed by atoms with Gasteiger partial charge in [-0.3, -0.25) is 4.79 Å². The van der Waals surface area contributed by atoms with Crippen LogP contribution < -0.4 is 19.5 Å². The Bertz CT molecular complexity index is 668. The van der Waals surface area contributed by atoms with E-state index in [-0.39, 0.29) is 12.5 Å². The summed E-state index contributed by atoms with van der Waals surface area (Å²) in [6.07, 6.45) is 0.957. The first-order valence-electron chi connectivity index (χ1n) is 7.92. The summed E-state index contributed by atoms with van der Waals surface area (Å²) >= 11 is 0. The average molecular weight is 329 g/mol. The molecule has 0 aliphatic rings. The van der Waals surface area contributed by atoms with Crippen molar-refractivity contribution in [1.82, 2.24) is 0 Å². The van der Waals surface area contributed by atoms with E-state index < -0.39 is 0 Å². The number of amides is 1. The van der Waals surface area contributed by atoms with Crippen LogP contribution in [0.25, 0.3) is 0 Å². The molecule has 0 bridgehead atoms. The molecule has 0 aliphatic carbocycles. The molecule has 128 valence electrons. The molecule has 0 radical (unpaired) electrons. The number of carbonyl (C=O) groups is 1. The fraction of sp³-hybridized carbons (Fsp3) is 0.316. The molecule has 0 aliphatic heterocycles. The quantitative estimate of drug-likeness (QED) is 0.800. The first-order valence-corrected chi connectivity index (χ1v) is 7.92. The van der Waals surface area contributed by atoms with Crippen LogP contribution in [0.15, 0.2) is 42.5 Å². The molecule has 0 fully saturated rings. The van der Waals surface area contributed by atoms with Gasteiger partial charge in [0.25, 0.3) is 5.91 Å². The zero-order valence-corrected chi connectivity index (χ0v) is 14.3. The molecule has 2 aromatic carbocycles. The van der Waals surface area contributed by atoms with Crippen molar-refractivity contribution in [3.8, 4) is 17.2 Å². The van der Waals surface area contributed by atoms with Gasteiger partial charge in [-0.25, -0.2) is 0 Å². The second-order valence-corrected chi connectivity index (χ2v) is 5.36. The van der Waals surface area contributed by atoms with Crippen LogP contribution in [0.1, 0.15) is 18.9 Å². The Hall–Kier alpha value is -2.69. The molecule has 5 nitrogen and oxygen atoms in total. The fourth-order valence-corrected chi connectivity index (χ4v) is 2.09. The van der Waals surface area contributed by atoms with E-state index in [1.165, 1.54) is 0 Å². The first kappa shape index (κ1) is 17.7. The van der Waals surface area contributed by atoms with E-state index in [2.05, 4.69) is 12.2 Å². The summed E-state index contributed by atoms with van der Waals surface area (Å²) in [5.41, 5.74) is 1.76. The smallest absolute Gasteiger partial charge is 0.262 e. The summed E-state index contributed by atoms with van der Waals surface area (Å²) in [4.78, 5) is 12.0. The van der Waals surface area contributed by atoms with E-state index in [0.717, 1.165) is 17.7 Å². The number of ether oxygens (including phenoxy) is 3. The molecule has 0 atom stereocenters. The van der Waals surface area contributed by atoms with Crippen molar-refractivity contribution in [2.24, 2.45) is 0 Å². The fourth-order valence-electron chi connectivity index (χ4n) is 2.09. The maximum atomic E-state index is 12.0. The number of anilines is 1. The zero-order chi connectivity index (χ0) is 17.4. The Balaban J connectivity index is 1.87. The third-order valence-electron chi connectivity index (χ3n) is 3.29. The van der Waals surface area contributed by atoms with Gasteiger partial charge < -0.3 is 19.5 Å². The van der Waals surface area contributed by atoms with E-state index in [1.807, 2.05) is 31.2 Å². The van der Waals surface area contributed by atoms with E-state index in [1.54, 1.807) is 25.3 Å². The molecule has 24 heavy (non-hydrogen) atoms. The molecule has 2 rings (SSSR count). The Labute approximate surface area is 142 Å². The van der Waals surface area contributed by atoms with E-state index in [4.69, 9.17) is 14.2 Å². The van der Waals surface area contributed by atoms with Crippen molar-refractivity contribution in [3.63, 3.8) is 0 Å². The summed E-state index contributed by atoms with van der Waals surface area (Å²) in [6, 6.07) is 12.8. The Morgan fingerprint density at radius 1 is 1.04 bits per heavy atom. The molecule has 0 saturated heterocycles. The maximum absolute atomic E-state index is 12.0. The SMILES string of the molecule is CCCOc1ccc(NC(=O)COc2ccc(C)cc2OC)cc1. The Kier molecular flexibility index (Phi) is 6.49.